The van der Waals surface area contributed by atoms with Crippen molar-refractivity contribution in [3.8, 4) is 5.69 Å². The molecule has 0 fully saturated rings. The molecule has 1 N–H and O–H groups in total. The second-order valence-electron chi connectivity index (χ2n) is 4.31. The molecular weight excluding hydrogens is 245 g/mol. The van der Waals surface area contributed by atoms with Crippen molar-refractivity contribution < 1.29 is 14.3 Å². The third kappa shape index (κ3) is 2.73. The number of hydrogen-bond acceptors (Lipinski definition) is 1. The molecule has 0 aliphatic rings. The van der Waals surface area contributed by atoms with Crippen molar-refractivity contribution in [3.05, 3.63) is 59.2 Å². The maximum Gasteiger partial charge on any atom is 0.328 e. The van der Waals surface area contributed by atoms with E-state index in [1.54, 1.807) is 18.2 Å². The molecule has 0 radical (unpaired) electrons. The van der Waals surface area contributed by atoms with Crippen LogP contribution in [-0.2, 0) is 4.79 Å². The van der Waals surface area contributed by atoms with Crippen LogP contribution in [0.5, 0.6) is 0 Å². The van der Waals surface area contributed by atoms with Crippen LogP contribution in [0.2, 0.25) is 0 Å². The average molecular weight is 259 g/mol. The molecular formula is C15H14FNO2. The monoisotopic (exact) mass is 259 g/mol. The van der Waals surface area contributed by atoms with E-state index in [0.717, 1.165) is 28.7 Å². The summed E-state index contributed by atoms with van der Waals surface area (Å²) < 4.78 is 14.9. The van der Waals surface area contributed by atoms with Gasteiger partial charge in [-0.2, -0.15) is 0 Å². The van der Waals surface area contributed by atoms with Gasteiger partial charge in [-0.3, -0.25) is 0 Å². The molecule has 3 nitrogen and oxygen atoms in total. The van der Waals surface area contributed by atoms with Gasteiger partial charge in [0.25, 0.3) is 0 Å². The summed E-state index contributed by atoms with van der Waals surface area (Å²) in [5.41, 5.74) is 3.58. The lowest BCUT2D eigenvalue weighted by molar-refractivity contribution is -0.131. The second kappa shape index (κ2) is 5.10. The number of nitrogens with zero attached hydrogens (tertiary/aromatic N) is 1. The minimum absolute atomic E-state index is 0.280. The van der Waals surface area contributed by atoms with Gasteiger partial charge in [-0.25, -0.2) is 9.18 Å². The Balaban J connectivity index is 2.47. The van der Waals surface area contributed by atoms with Crippen LogP contribution in [0.25, 0.3) is 11.8 Å². The van der Waals surface area contributed by atoms with Gasteiger partial charge in [-0.1, -0.05) is 0 Å². The van der Waals surface area contributed by atoms with Crippen molar-refractivity contribution in [2.45, 2.75) is 13.8 Å². The van der Waals surface area contributed by atoms with Crippen molar-refractivity contribution >= 4 is 12.0 Å². The maximum atomic E-state index is 12.9. The predicted molar refractivity (Wildman–Crippen MR) is 71.9 cm³/mol. The van der Waals surface area contributed by atoms with Crippen molar-refractivity contribution in [3.63, 3.8) is 0 Å². The number of carboxylic acids is 1. The average Bonchev–Trinajstić information content (AvgIpc) is 2.63. The van der Waals surface area contributed by atoms with Gasteiger partial charge in [0.05, 0.1) is 0 Å². The normalized spacial score (nSPS) is 11.1. The van der Waals surface area contributed by atoms with E-state index in [4.69, 9.17) is 5.11 Å². The number of carboxylic acid groups (broad SMARTS) is 1. The Bertz CT molecular complexity index is 639. The summed E-state index contributed by atoms with van der Waals surface area (Å²) in [6, 6.07) is 8.10. The standard InChI is InChI=1S/C15H14FNO2/c1-10-9-12(3-8-15(18)19)11(2)17(10)14-6-4-13(16)5-7-14/h3-9H,1-2H3,(H,18,19)/b8-3+. The summed E-state index contributed by atoms with van der Waals surface area (Å²) in [6.07, 6.45) is 2.67. The van der Waals surface area contributed by atoms with Gasteiger partial charge in [0, 0.05) is 23.2 Å². The molecule has 1 heterocycles. The number of aryl methyl sites for hydroxylation is 1. The van der Waals surface area contributed by atoms with Crippen molar-refractivity contribution in [2.75, 3.05) is 0 Å². The lowest BCUT2D eigenvalue weighted by Crippen LogP contribution is -1.99. The zero-order valence-corrected chi connectivity index (χ0v) is 10.7. The van der Waals surface area contributed by atoms with Crippen LogP contribution < -0.4 is 0 Å². The van der Waals surface area contributed by atoms with Crippen LogP contribution in [-0.4, -0.2) is 15.6 Å². The molecule has 0 atom stereocenters. The van der Waals surface area contributed by atoms with E-state index in [0.29, 0.717) is 0 Å². The zero-order chi connectivity index (χ0) is 14.0. The Hall–Kier alpha value is -2.36. The molecule has 98 valence electrons. The van der Waals surface area contributed by atoms with Gasteiger partial charge in [0.2, 0.25) is 0 Å². The van der Waals surface area contributed by atoms with Gasteiger partial charge >= 0.3 is 5.97 Å². The summed E-state index contributed by atoms with van der Waals surface area (Å²) in [4.78, 5) is 10.5. The fourth-order valence-corrected chi connectivity index (χ4v) is 2.10. The topological polar surface area (TPSA) is 42.2 Å². The molecule has 1 aromatic carbocycles. The molecule has 1 aromatic heterocycles. The van der Waals surface area contributed by atoms with E-state index in [1.807, 2.05) is 24.5 Å². The van der Waals surface area contributed by atoms with Gasteiger partial charge in [0.15, 0.2) is 0 Å². The third-order valence-corrected chi connectivity index (χ3v) is 2.96. The van der Waals surface area contributed by atoms with Crippen molar-refractivity contribution in [1.82, 2.24) is 4.57 Å². The minimum atomic E-state index is -0.980. The first kappa shape index (κ1) is 13.1. The summed E-state index contributed by atoms with van der Waals surface area (Å²) in [6.45, 7) is 3.83. The summed E-state index contributed by atoms with van der Waals surface area (Å²) in [5, 5.41) is 8.65. The fourth-order valence-electron chi connectivity index (χ4n) is 2.10. The number of benzene rings is 1. The lowest BCUT2D eigenvalue weighted by Gasteiger charge is -2.09. The molecule has 0 amide bonds. The number of aromatic nitrogens is 1. The SMILES string of the molecule is Cc1cc(/C=C/C(=O)O)c(C)n1-c1ccc(F)cc1. The lowest BCUT2D eigenvalue weighted by atomic mass is 10.2. The number of rotatable bonds is 3. The van der Waals surface area contributed by atoms with Crippen molar-refractivity contribution in [2.24, 2.45) is 0 Å². The van der Waals surface area contributed by atoms with Crippen LogP contribution in [0.15, 0.2) is 36.4 Å². The Morgan fingerprint density at radius 2 is 1.89 bits per heavy atom. The highest BCUT2D eigenvalue weighted by molar-refractivity contribution is 5.85. The van der Waals surface area contributed by atoms with Gasteiger partial charge < -0.3 is 9.67 Å². The zero-order valence-electron chi connectivity index (χ0n) is 10.7. The molecule has 0 aliphatic heterocycles. The molecule has 0 saturated heterocycles. The third-order valence-electron chi connectivity index (χ3n) is 2.96. The summed E-state index contributed by atoms with van der Waals surface area (Å²) in [7, 11) is 0. The number of halogens is 1. The highest BCUT2D eigenvalue weighted by Gasteiger charge is 2.09. The van der Waals surface area contributed by atoms with Gasteiger partial charge in [0.1, 0.15) is 5.82 Å². The first-order valence-corrected chi connectivity index (χ1v) is 5.85. The van der Waals surface area contributed by atoms with Gasteiger partial charge in [-0.05, 0) is 55.8 Å². The number of aliphatic carboxylic acids is 1. The van der Waals surface area contributed by atoms with Crippen LogP contribution in [0, 0.1) is 19.7 Å². The van der Waals surface area contributed by atoms with Crippen LogP contribution >= 0.6 is 0 Å². The highest BCUT2D eigenvalue weighted by Crippen LogP contribution is 2.22. The van der Waals surface area contributed by atoms with E-state index < -0.39 is 5.97 Å². The largest absolute Gasteiger partial charge is 0.478 e. The van der Waals surface area contributed by atoms with E-state index in [-0.39, 0.29) is 5.82 Å². The quantitative estimate of drug-likeness (QED) is 0.859. The summed E-state index contributed by atoms with van der Waals surface area (Å²) >= 11 is 0. The fraction of sp³-hybridized carbons (Fsp3) is 0.133. The van der Waals surface area contributed by atoms with Gasteiger partial charge in [-0.15, -0.1) is 0 Å². The predicted octanol–water partition coefficient (Wildman–Crippen LogP) is 3.33. The van der Waals surface area contributed by atoms with E-state index in [2.05, 4.69) is 0 Å². The molecule has 19 heavy (non-hydrogen) atoms. The van der Waals surface area contributed by atoms with E-state index >= 15 is 0 Å². The number of hydrogen-bond donors (Lipinski definition) is 1. The molecule has 0 spiro atoms. The summed E-state index contributed by atoms with van der Waals surface area (Å²) in [5.74, 6) is -1.26. The molecule has 0 aliphatic carbocycles. The van der Waals surface area contributed by atoms with Crippen LogP contribution in [0.3, 0.4) is 0 Å². The van der Waals surface area contributed by atoms with Crippen molar-refractivity contribution in [1.29, 1.82) is 0 Å². The Morgan fingerprint density at radius 3 is 2.47 bits per heavy atom. The second-order valence-corrected chi connectivity index (χ2v) is 4.31. The van der Waals surface area contributed by atoms with Crippen LogP contribution in [0.4, 0.5) is 4.39 Å². The molecule has 2 rings (SSSR count). The van der Waals surface area contributed by atoms with E-state index in [9.17, 15) is 9.18 Å². The molecule has 0 saturated carbocycles. The first-order chi connectivity index (χ1) is 8.99. The molecule has 4 heteroatoms. The Labute approximate surface area is 110 Å². The molecule has 2 aromatic rings. The highest BCUT2D eigenvalue weighted by atomic mass is 19.1. The Morgan fingerprint density at radius 1 is 1.26 bits per heavy atom. The first-order valence-electron chi connectivity index (χ1n) is 5.85. The number of carbonyl (C=O) groups is 1. The Kier molecular flexibility index (Phi) is 3.51. The molecule has 0 unspecified atom stereocenters. The van der Waals surface area contributed by atoms with Crippen LogP contribution in [0.1, 0.15) is 17.0 Å². The maximum absolute atomic E-state index is 12.9. The minimum Gasteiger partial charge on any atom is -0.478 e. The smallest absolute Gasteiger partial charge is 0.328 e. The molecule has 0 bridgehead atoms. The van der Waals surface area contributed by atoms with E-state index in [1.165, 1.54) is 12.1 Å².